The van der Waals surface area contributed by atoms with Gasteiger partial charge in [-0.2, -0.15) is 26.0 Å². The van der Waals surface area contributed by atoms with E-state index < -0.39 is 0 Å². The number of hydrogen-bond acceptors (Lipinski definition) is 6. The summed E-state index contributed by atoms with van der Waals surface area (Å²) in [5.41, 5.74) is 3.95. The van der Waals surface area contributed by atoms with Crippen LogP contribution in [0, 0.1) is 40.9 Å². The number of allylic oxidation sites excluding steroid dienone is 2. The summed E-state index contributed by atoms with van der Waals surface area (Å²) in [5, 5.41) is 38.4. The molecule has 0 spiro atoms. The van der Waals surface area contributed by atoms with Crippen LogP contribution in [0.5, 0.6) is 0 Å². The Bertz CT molecular complexity index is 867. The van der Waals surface area contributed by atoms with E-state index in [2.05, 4.69) is 20.7 Å². The van der Waals surface area contributed by atoms with Crippen LogP contribution in [0.2, 0.25) is 0 Å². The number of hydrogen-bond donors (Lipinski definition) is 2. The van der Waals surface area contributed by atoms with Crippen LogP contribution in [-0.2, 0) is 0 Å². The molecule has 0 amide bonds. The Kier molecular flexibility index (Phi) is 4.86. The summed E-state index contributed by atoms with van der Waals surface area (Å²) in [4.78, 5) is 0. The molecule has 0 radical (unpaired) electrons. The Hall–Kier alpha value is -3.89. The third-order valence-electron chi connectivity index (χ3n) is 2.87. The van der Waals surface area contributed by atoms with E-state index in [4.69, 9.17) is 10.5 Å². The molecule has 2 rings (SSSR count). The van der Waals surface area contributed by atoms with Gasteiger partial charge in [0.2, 0.25) is 0 Å². The number of aromatic amines is 1. The molecule has 0 aliphatic heterocycles. The van der Waals surface area contributed by atoms with Gasteiger partial charge in [-0.3, -0.25) is 10.5 Å². The number of aryl methyl sites for hydroxylation is 1. The second-order valence-electron chi connectivity index (χ2n) is 4.46. The Morgan fingerprint density at radius 1 is 1.13 bits per heavy atom. The van der Waals surface area contributed by atoms with E-state index in [9.17, 15) is 5.26 Å². The summed E-state index contributed by atoms with van der Waals surface area (Å²) in [5.74, 6) is 0.429. The molecule has 0 unspecified atom stereocenters. The fraction of sp³-hybridized carbons (Fsp3) is 0.0625. The molecule has 110 valence electrons. The van der Waals surface area contributed by atoms with Gasteiger partial charge in [0.05, 0.1) is 0 Å². The number of anilines is 1. The van der Waals surface area contributed by atoms with Crippen molar-refractivity contribution >= 4 is 17.1 Å². The van der Waals surface area contributed by atoms with Crippen LogP contribution in [0.25, 0.3) is 5.57 Å². The first-order chi connectivity index (χ1) is 11.2. The van der Waals surface area contributed by atoms with E-state index >= 15 is 0 Å². The van der Waals surface area contributed by atoms with Crippen LogP contribution >= 0.6 is 0 Å². The zero-order valence-corrected chi connectivity index (χ0v) is 12.2. The average molecular weight is 301 g/mol. The van der Waals surface area contributed by atoms with Crippen LogP contribution in [0.4, 0.5) is 5.82 Å². The van der Waals surface area contributed by atoms with Gasteiger partial charge >= 0.3 is 0 Å². The minimum absolute atomic E-state index is 0.0741. The van der Waals surface area contributed by atoms with Crippen molar-refractivity contribution in [1.29, 1.82) is 15.8 Å². The lowest BCUT2D eigenvalue weighted by Crippen LogP contribution is -2.06. The summed E-state index contributed by atoms with van der Waals surface area (Å²) in [6.45, 7) is 1.83. The number of hydrazone groups is 1. The topological polar surface area (TPSA) is 124 Å². The van der Waals surface area contributed by atoms with Crippen LogP contribution in [0.15, 0.2) is 47.1 Å². The summed E-state index contributed by atoms with van der Waals surface area (Å²) < 4.78 is 0. The minimum atomic E-state index is -0.184. The molecule has 2 N–H and O–H groups in total. The summed E-state index contributed by atoms with van der Waals surface area (Å²) >= 11 is 0. The molecule has 0 fully saturated rings. The zero-order valence-electron chi connectivity index (χ0n) is 12.2. The van der Waals surface area contributed by atoms with Gasteiger partial charge in [0.25, 0.3) is 0 Å². The van der Waals surface area contributed by atoms with Crippen molar-refractivity contribution < 1.29 is 0 Å². The molecule has 23 heavy (non-hydrogen) atoms. The third-order valence-corrected chi connectivity index (χ3v) is 2.87. The molecule has 2 aromatic rings. The quantitative estimate of drug-likeness (QED) is 0.510. The Balaban J connectivity index is 2.50. The summed E-state index contributed by atoms with van der Waals surface area (Å²) in [7, 11) is 0. The van der Waals surface area contributed by atoms with E-state index in [-0.39, 0.29) is 16.9 Å². The molecular weight excluding hydrogens is 290 g/mol. The maximum atomic E-state index is 9.38. The molecule has 7 nitrogen and oxygen atoms in total. The smallest absolute Gasteiger partial charge is 0.170 e. The van der Waals surface area contributed by atoms with Crippen LogP contribution in [0.1, 0.15) is 11.3 Å². The maximum absolute atomic E-state index is 9.38. The van der Waals surface area contributed by atoms with Gasteiger partial charge in [0, 0.05) is 17.3 Å². The Morgan fingerprint density at radius 2 is 1.83 bits per heavy atom. The lowest BCUT2D eigenvalue weighted by Gasteiger charge is -2.06. The van der Waals surface area contributed by atoms with E-state index in [1.807, 2.05) is 13.0 Å². The van der Waals surface area contributed by atoms with Crippen LogP contribution < -0.4 is 5.43 Å². The Labute approximate surface area is 132 Å². The van der Waals surface area contributed by atoms with Gasteiger partial charge in [0.1, 0.15) is 23.8 Å². The first kappa shape index (κ1) is 15.5. The van der Waals surface area contributed by atoms with Crippen LogP contribution in [-0.4, -0.2) is 15.9 Å². The number of nitrogens with one attached hydrogen (secondary N) is 2. The van der Waals surface area contributed by atoms with Crippen molar-refractivity contribution in [2.75, 3.05) is 5.43 Å². The largest absolute Gasteiger partial charge is 0.281 e. The van der Waals surface area contributed by atoms with Crippen LogP contribution in [0.3, 0.4) is 0 Å². The normalized spacial score (nSPS) is 10.1. The van der Waals surface area contributed by atoms with Gasteiger partial charge in [-0.15, -0.1) is 0 Å². The monoisotopic (exact) mass is 301 g/mol. The molecule has 0 saturated carbocycles. The van der Waals surface area contributed by atoms with E-state index in [1.54, 1.807) is 48.5 Å². The first-order valence-electron chi connectivity index (χ1n) is 6.55. The molecule has 1 aromatic heterocycles. The molecular formula is C16H11N7. The van der Waals surface area contributed by atoms with Gasteiger partial charge < -0.3 is 0 Å². The van der Waals surface area contributed by atoms with Gasteiger partial charge in [0.15, 0.2) is 11.5 Å². The predicted octanol–water partition coefficient (Wildman–Crippen LogP) is 2.51. The van der Waals surface area contributed by atoms with Crippen molar-refractivity contribution in [2.45, 2.75) is 6.92 Å². The van der Waals surface area contributed by atoms with Crippen molar-refractivity contribution in [2.24, 2.45) is 5.10 Å². The number of nitriles is 3. The molecule has 0 bridgehead atoms. The van der Waals surface area contributed by atoms with Gasteiger partial charge in [-0.1, -0.05) is 30.3 Å². The molecule has 1 heterocycles. The van der Waals surface area contributed by atoms with Crippen molar-refractivity contribution in [3.8, 4) is 18.2 Å². The molecule has 0 aliphatic carbocycles. The standard InChI is InChI=1S/C16H11N7/c1-11-7-15(22-20-11)23-21-14(10-19)16(13(8-17)9-18)12-5-3-2-4-6-12/h2-7H,1H3,(H2,20,22,23)/b21-14+. The fourth-order valence-electron chi connectivity index (χ4n) is 1.87. The van der Waals surface area contributed by atoms with Crippen molar-refractivity contribution in [1.82, 2.24) is 10.2 Å². The SMILES string of the molecule is Cc1cc(N/N=C(\C#N)C(=C(C#N)C#N)c2ccccc2)n[nH]1. The number of nitrogens with zero attached hydrogens (tertiary/aromatic N) is 5. The highest BCUT2D eigenvalue weighted by Crippen LogP contribution is 2.20. The highest BCUT2D eigenvalue weighted by molar-refractivity contribution is 6.33. The number of benzene rings is 1. The molecule has 0 saturated heterocycles. The minimum Gasteiger partial charge on any atom is -0.281 e. The molecule has 0 atom stereocenters. The highest BCUT2D eigenvalue weighted by Gasteiger charge is 2.16. The lowest BCUT2D eigenvalue weighted by atomic mass is 9.97. The Morgan fingerprint density at radius 3 is 2.35 bits per heavy atom. The first-order valence-corrected chi connectivity index (χ1v) is 6.55. The van der Waals surface area contributed by atoms with Crippen molar-refractivity contribution in [3.05, 3.63) is 53.2 Å². The highest BCUT2D eigenvalue weighted by atomic mass is 15.4. The molecule has 7 heteroatoms. The second-order valence-corrected chi connectivity index (χ2v) is 4.46. The van der Waals surface area contributed by atoms with Crippen molar-refractivity contribution in [3.63, 3.8) is 0 Å². The maximum Gasteiger partial charge on any atom is 0.170 e. The lowest BCUT2D eigenvalue weighted by molar-refractivity contribution is 1.04. The van der Waals surface area contributed by atoms with Gasteiger partial charge in [-0.05, 0) is 12.5 Å². The number of H-pyrrole nitrogens is 1. The van der Waals surface area contributed by atoms with E-state index in [0.29, 0.717) is 11.4 Å². The zero-order chi connectivity index (χ0) is 16.7. The van der Waals surface area contributed by atoms with E-state index in [1.165, 1.54) is 0 Å². The third kappa shape index (κ3) is 3.60. The molecule has 0 aliphatic rings. The number of rotatable bonds is 4. The second kappa shape index (κ2) is 7.21. The summed E-state index contributed by atoms with van der Waals surface area (Å²) in [6.07, 6.45) is 0. The predicted molar refractivity (Wildman–Crippen MR) is 84.6 cm³/mol. The average Bonchev–Trinajstić information content (AvgIpc) is 3.00. The van der Waals surface area contributed by atoms with Gasteiger partial charge in [-0.25, -0.2) is 0 Å². The van der Waals surface area contributed by atoms with E-state index in [0.717, 1.165) is 5.69 Å². The molecule has 1 aromatic carbocycles. The fourth-order valence-corrected chi connectivity index (χ4v) is 1.87. The summed E-state index contributed by atoms with van der Waals surface area (Å²) in [6, 6.07) is 15.9. The number of aromatic nitrogens is 2.